The molecule has 6 heteroatoms. The molecule has 0 bridgehead atoms. The van der Waals surface area contributed by atoms with Gasteiger partial charge in [0.05, 0.1) is 17.8 Å². The first-order chi connectivity index (χ1) is 17.3. The van der Waals surface area contributed by atoms with E-state index in [-0.39, 0.29) is 12.1 Å². The van der Waals surface area contributed by atoms with Gasteiger partial charge < -0.3 is 19.7 Å². The molecule has 1 saturated heterocycles. The summed E-state index contributed by atoms with van der Waals surface area (Å²) in [6, 6.07) is 23.6. The number of pyridine rings is 1. The molecule has 4 aromatic rings. The fourth-order valence-electron chi connectivity index (χ4n) is 5.21. The summed E-state index contributed by atoms with van der Waals surface area (Å²) >= 11 is 5.94. The van der Waals surface area contributed by atoms with Gasteiger partial charge in [0, 0.05) is 48.7 Å². The molecule has 3 heterocycles. The molecule has 36 heavy (non-hydrogen) atoms. The number of anilines is 2. The minimum atomic E-state index is -0.0645. The number of benzene rings is 2. The van der Waals surface area contributed by atoms with E-state index in [0.717, 1.165) is 22.2 Å². The van der Waals surface area contributed by atoms with Gasteiger partial charge in [-0.15, -0.1) is 0 Å². The molecule has 1 N–H and O–H groups in total. The summed E-state index contributed by atoms with van der Waals surface area (Å²) in [7, 11) is 4.13. The molecule has 2 aromatic carbocycles. The van der Waals surface area contributed by atoms with Crippen molar-refractivity contribution in [2.75, 3.05) is 23.9 Å². The second-order valence-corrected chi connectivity index (χ2v) is 10.2. The van der Waals surface area contributed by atoms with Crippen molar-refractivity contribution >= 4 is 28.7 Å². The zero-order chi connectivity index (χ0) is 25.6. The number of aryl methyl sites for hydroxylation is 3. The maximum absolute atomic E-state index is 5.94. The van der Waals surface area contributed by atoms with Crippen LogP contribution < -0.4 is 15.1 Å². The molecule has 1 aliphatic rings. The smallest absolute Gasteiger partial charge is 0.174 e. The normalized spacial score (nSPS) is 17.4. The third kappa shape index (κ3) is 4.16. The molecule has 1 fully saturated rings. The zero-order valence-corrected chi connectivity index (χ0v) is 22.6. The first kappa shape index (κ1) is 24.1. The van der Waals surface area contributed by atoms with Crippen LogP contribution in [0.15, 0.2) is 72.9 Å². The molecule has 0 spiro atoms. The average molecular weight is 496 g/mol. The van der Waals surface area contributed by atoms with Crippen molar-refractivity contribution in [2.24, 2.45) is 0 Å². The Bertz CT molecular complexity index is 1410. The van der Waals surface area contributed by atoms with E-state index >= 15 is 0 Å². The van der Waals surface area contributed by atoms with E-state index in [2.05, 4.69) is 116 Å². The van der Waals surface area contributed by atoms with Crippen LogP contribution in [0.5, 0.6) is 0 Å². The molecule has 0 aliphatic carbocycles. The summed E-state index contributed by atoms with van der Waals surface area (Å²) in [5.41, 5.74) is 10.6. The minimum Gasteiger partial charge on any atom is -0.378 e. The molecule has 5 nitrogen and oxygen atoms in total. The summed E-state index contributed by atoms with van der Waals surface area (Å²) in [4.78, 5) is 9.10. The van der Waals surface area contributed by atoms with Gasteiger partial charge in [-0.2, -0.15) is 0 Å². The number of nitrogens with zero attached hydrogens (tertiary/aromatic N) is 4. The fourth-order valence-corrected chi connectivity index (χ4v) is 5.55. The largest absolute Gasteiger partial charge is 0.378 e. The Morgan fingerprint density at radius 1 is 0.861 bits per heavy atom. The number of rotatable bonds is 5. The van der Waals surface area contributed by atoms with Crippen molar-refractivity contribution in [2.45, 2.75) is 39.8 Å². The van der Waals surface area contributed by atoms with Crippen LogP contribution in [0, 0.1) is 27.7 Å². The lowest BCUT2D eigenvalue weighted by Crippen LogP contribution is -2.29. The Balaban J connectivity index is 1.65. The van der Waals surface area contributed by atoms with Gasteiger partial charge in [-0.05, 0) is 111 Å². The minimum absolute atomic E-state index is 0.0319. The Morgan fingerprint density at radius 2 is 1.58 bits per heavy atom. The van der Waals surface area contributed by atoms with Gasteiger partial charge in [-0.3, -0.25) is 4.98 Å². The molecule has 0 saturated carbocycles. The van der Waals surface area contributed by atoms with Gasteiger partial charge in [0.15, 0.2) is 5.11 Å². The van der Waals surface area contributed by atoms with Crippen LogP contribution in [-0.2, 0) is 0 Å². The van der Waals surface area contributed by atoms with Crippen molar-refractivity contribution in [3.63, 3.8) is 0 Å². The first-order valence-electron chi connectivity index (χ1n) is 12.3. The topological polar surface area (TPSA) is 36.3 Å². The van der Waals surface area contributed by atoms with Crippen LogP contribution in [-0.4, -0.2) is 28.8 Å². The van der Waals surface area contributed by atoms with E-state index < -0.39 is 0 Å². The molecule has 2 atom stereocenters. The lowest BCUT2D eigenvalue weighted by molar-refractivity contribution is 0.565. The van der Waals surface area contributed by atoms with Gasteiger partial charge >= 0.3 is 0 Å². The summed E-state index contributed by atoms with van der Waals surface area (Å²) in [5.74, 6) is 0. The highest BCUT2D eigenvalue weighted by molar-refractivity contribution is 7.80. The van der Waals surface area contributed by atoms with Crippen LogP contribution in [0.2, 0.25) is 0 Å². The van der Waals surface area contributed by atoms with Crippen LogP contribution in [0.1, 0.15) is 45.9 Å². The van der Waals surface area contributed by atoms with Crippen molar-refractivity contribution < 1.29 is 0 Å². The molecule has 2 aromatic heterocycles. The average Bonchev–Trinajstić information content (AvgIpc) is 3.36. The SMILES string of the molecule is Cc1ccc(N2C(=S)NC(c3ccccn3)C2c2cc(C)n(-c3ccc(N(C)C)cc3)c2C)cc1C. The molecule has 5 rings (SSSR count). The Kier molecular flexibility index (Phi) is 6.31. The van der Waals surface area contributed by atoms with Gasteiger partial charge in [0.25, 0.3) is 0 Å². The van der Waals surface area contributed by atoms with Crippen molar-refractivity contribution in [1.82, 2.24) is 14.9 Å². The Labute approximate surface area is 219 Å². The standard InChI is InChI=1S/C30H33N5S/c1-19-10-11-25(17-20(19)2)35-29(28(32-30(35)36)27-9-7-8-16-31-27)26-18-21(3)34(22(26)4)24-14-12-23(13-15-24)33(5)6/h7-18,28-29H,1-6H3,(H,32,36). The lowest BCUT2D eigenvalue weighted by atomic mass is 9.96. The van der Waals surface area contributed by atoms with Crippen molar-refractivity contribution in [3.8, 4) is 5.69 Å². The summed E-state index contributed by atoms with van der Waals surface area (Å²) in [6.45, 7) is 8.67. The lowest BCUT2D eigenvalue weighted by Gasteiger charge is -2.28. The van der Waals surface area contributed by atoms with Gasteiger partial charge in [-0.25, -0.2) is 0 Å². The number of hydrogen-bond donors (Lipinski definition) is 1. The van der Waals surface area contributed by atoms with Gasteiger partial charge in [0.1, 0.15) is 0 Å². The summed E-state index contributed by atoms with van der Waals surface area (Å²) < 4.78 is 2.34. The van der Waals surface area contributed by atoms with Crippen LogP contribution in [0.4, 0.5) is 11.4 Å². The predicted molar refractivity (Wildman–Crippen MR) is 153 cm³/mol. The van der Waals surface area contributed by atoms with Gasteiger partial charge in [-0.1, -0.05) is 12.1 Å². The summed E-state index contributed by atoms with van der Waals surface area (Å²) in [6.07, 6.45) is 1.85. The Morgan fingerprint density at radius 3 is 2.22 bits per heavy atom. The quantitative estimate of drug-likeness (QED) is 0.327. The monoisotopic (exact) mass is 495 g/mol. The molecule has 0 radical (unpaired) electrons. The van der Waals surface area contributed by atoms with E-state index in [1.165, 1.54) is 33.8 Å². The van der Waals surface area contributed by atoms with E-state index in [9.17, 15) is 0 Å². The number of hydrogen-bond acceptors (Lipinski definition) is 3. The van der Waals surface area contributed by atoms with E-state index in [0.29, 0.717) is 0 Å². The second kappa shape index (κ2) is 9.43. The van der Waals surface area contributed by atoms with Crippen LogP contribution in [0.25, 0.3) is 5.69 Å². The van der Waals surface area contributed by atoms with Gasteiger partial charge in [0.2, 0.25) is 0 Å². The van der Waals surface area contributed by atoms with Crippen molar-refractivity contribution in [3.05, 3.63) is 107 Å². The molecule has 184 valence electrons. The predicted octanol–water partition coefficient (Wildman–Crippen LogP) is 6.35. The number of nitrogens with one attached hydrogen (secondary N) is 1. The van der Waals surface area contributed by atoms with E-state index in [1.54, 1.807) is 0 Å². The maximum Gasteiger partial charge on any atom is 0.174 e. The number of aromatic nitrogens is 2. The number of thiocarbonyl (C=S) groups is 1. The van der Waals surface area contributed by atoms with Crippen LogP contribution in [0.3, 0.4) is 0 Å². The second-order valence-electron chi connectivity index (χ2n) is 9.84. The van der Waals surface area contributed by atoms with Crippen LogP contribution >= 0.6 is 12.2 Å². The first-order valence-corrected chi connectivity index (χ1v) is 12.7. The third-order valence-electron chi connectivity index (χ3n) is 7.28. The molecule has 0 amide bonds. The van der Waals surface area contributed by atoms with E-state index in [4.69, 9.17) is 17.2 Å². The summed E-state index contributed by atoms with van der Waals surface area (Å²) in [5, 5.41) is 4.32. The van der Waals surface area contributed by atoms with E-state index in [1.807, 2.05) is 18.3 Å². The molecular weight excluding hydrogens is 462 g/mol. The molecule has 2 unspecified atom stereocenters. The molecule has 1 aliphatic heterocycles. The highest BCUT2D eigenvalue weighted by Crippen LogP contribution is 2.44. The fraction of sp³-hybridized carbons (Fsp3) is 0.267. The highest BCUT2D eigenvalue weighted by Gasteiger charge is 2.42. The zero-order valence-electron chi connectivity index (χ0n) is 21.8. The maximum atomic E-state index is 5.94. The Hall–Kier alpha value is -3.64. The van der Waals surface area contributed by atoms with Crippen molar-refractivity contribution in [1.29, 1.82) is 0 Å². The highest BCUT2D eigenvalue weighted by atomic mass is 32.1. The molecular formula is C30H33N5S. The third-order valence-corrected chi connectivity index (χ3v) is 7.59.